The lowest BCUT2D eigenvalue weighted by Crippen LogP contribution is -2.50. The fraction of sp³-hybridized carbons (Fsp3) is 0.370. The van der Waals surface area contributed by atoms with E-state index < -0.39 is 24.0 Å². The predicted molar refractivity (Wildman–Crippen MR) is 135 cm³/mol. The van der Waals surface area contributed by atoms with Gasteiger partial charge in [0.25, 0.3) is 11.8 Å². The highest BCUT2D eigenvalue weighted by Crippen LogP contribution is 2.32. The number of aryl methyl sites for hydroxylation is 2. The molecule has 35 heavy (non-hydrogen) atoms. The van der Waals surface area contributed by atoms with Crippen molar-refractivity contribution >= 4 is 23.2 Å². The molecule has 2 heterocycles. The molecular weight excluding hydrogens is 462 g/mol. The minimum Gasteiger partial charge on any atom is -0.380 e. The topological polar surface area (TPSA) is 103 Å². The molecule has 1 saturated heterocycles. The lowest BCUT2D eigenvalue weighted by Gasteiger charge is -2.28. The summed E-state index contributed by atoms with van der Waals surface area (Å²) in [6.07, 6.45) is -1.39. The molecule has 184 valence electrons. The minimum absolute atomic E-state index is 0.116. The maximum Gasteiger partial charge on any atom is 0.255 e. The molecule has 3 N–H and O–H groups in total. The maximum atomic E-state index is 12.9. The van der Waals surface area contributed by atoms with Crippen LogP contribution in [-0.4, -0.2) is 50.7 Å². The van der Waals surface area contributed by atoms with Crippen LogP contribution in [0.25, 0.3) is 0 Å². The average molecular weight is 494 g/mol. The summed E-state index contributed by atoms with van der Waals surface area (Å²) in [4.78, 5) is 31.6. The van der Waals surface area contributed by atoms with Gasteiger partial charge in [-0.3, -0.25) is 9.59 Å². The van der Waals surface area contributed by atoms with E-state index in [0.717, 1.165) is 24.1 Å². The highest BCUT2D eigenvalue weighted by Gasteiger charge is 2.38. The van der Waals surface area contributed by atoms with Crippen LogP contribution in [0.3, 0.4) is 0 Å². The first kappa shape index (κ1) is 25.0. The second-order valence-corrected chi connectivity index (χ2v) is 9.93. The van der Waals surface area contributed by atoms with Gasteiger partial charge in [0.05, 0.1) is 18.3 Å². The molecule has 3 unspecified atom stereocenters. The van der Waals surface area contributed by atoms with Crippen molar-refractivity contribution in [2.75, 3.05) is 6.54 Å². The Labute approximate surface area is 209 Å². The summed E-state index contributed by atoms with van der Waals surface area (Å²) in [5, 5.41) is 26.1. The molecule has 3 aromatic rings. The number of nitrogens with zero attached hydrogens (tertiary/aromatic N) is 2. The van der Waals surface area contributed by atoms with Gasteiger partial charge in [0.1, 0.15) is 5.01 Å². The molecule has 3 atom stereocenters. The summed E-state index contributed by atoms with van der Waals surface area (Å²) in [5.74, 6) is -1.43. The van der Waals surface area contributed by atoms with Crippen LogP contribution in [0.1, 0.15) is 51.8 Å². The number of carbonyl (C=O) groups excluding carboxylic acids is 2. The Morgan fingerprint density at radius 3 is 2.51 bits per heavy atom. The molecule has 7 nitrogen and oxygen atoms in total. The minimum atomic E-state index is -1.85. The van der Waals surface area contributed by atoms with E-state index in [2.05, 4.69) is 36.3 Å². The Balaban J connectivity index is 1.32. The van der Waals surface area contributed by atoms with E-state index >= 15 is 0 Å². The third kappa shape index (κ3) is 5.78. The number of hydrogen-bond acceptors (Lipinski definition) is 6. The van der Waals surface area contributed by atoms with E-state index in [-0.39, 0.29) is 12.6 Å². The molecule has 0 spiro atoms. The SMILES string of the molecule is Cc1cccc(C)c1Cc1csc(CNC(=O)C(O)C(O)C(=O)N2CCCC2c2ccccc2)n1. The van der Waals surface area contributed by atoms with E-state index in [9.17, 15) is 19.8 Å². The third-order valence-electron chi connectivity index (χ3n) is 6.56. The molecule has 1 aliphatic heterocycles. The van der Waals surface area contributed by atoms with Crippen LogP contribution in [0.5, 0.6) is 0 Å². The zero-order valence-electron chi connectivity index (χ0n) is 20.0. The van der Waals surface area contributed by atoms with Crippen LogP contribution < -0.4 is 5.32 Å². The van der Waals surface area contributed by atoms with Crippen LogP contribution >= 0.6 is 11.3 Å². The van der Waals surface area contributed by atoms with Crippen molar-refractivity contribution in [3.63, 3.8) is 0 Å². The summed E-state index contributed by atoms with van der Waals surface area (Å²) < 4.78 is 0. The van der Waals surface area contributed by atoms with Gasteiger partial charge in [0, 0.05) is 18.3 Å². The van der Waals surface area contributed by atoms with Crippen molar-refractivity contribution < 1.29 is 19.8 Å². The molecular formula is C27H31N3O4S. The summed E-state index contributed by atoms with van der Waals surface area (Å²) in [6, 6.07) is 15.6. The number of benzene rings is 2. The highest BCUT2D eigenvalue weighted by molar-refractivity contribution is 7.09. The lowest BCUT2D eigenvalue weighted by molar-refractivity contribution is -0.153. The standard InChI is InChI=1S/C27H31N3O4S/c1-17-8-6-9-18(2)21(17)14-20-16-35-23(29-20)15-28-26(33)24(31)25(32)27(34)30-13-7-12-22(30)19-10-4-3-5-11-19/h3-6,8-11,16,22,24-25,31-32H,7,12-15H2,1-2H3,(H,28,33). The van der Waals surface area contributed by atoms with Gasteiger partial charge in [-0.25, -0.2) is 4.98 Å². The van der Waals surface area contributed by atoms with Crippen LogP contribution in [0.2, 0.25) is 0 Å². The van der Waals surface area contributed by atoms with Gasteiger partial charge in [-0.05, 0) is 48.9 Å². The first-order valence-electron chi connectivity index (χ1n) is 11.8. The number of aliphatic hydroxyl groups excluding tert-OH is 2. The van der Waals surface area contributed by atoms with Gasteiger partial charge in [-0.1, -0.05) is 48.5 Å². The molecule has 0 bridgehead atoms. The quantitative estimate of drug-likeness (QED) is 0.448. The monoisotopic (exact) mass is 493 g/mol. The van der Waals surface area contributed by atoms with Crippen molar-refractivity contribution in [2.24, 2.45) is 0 Å². The number of aliphatic hydroxyl groups is 2. The van der Waals surface area contributed by atoms with Gasteiger partial charge in [-0.15, -0.1) is 11.3 Å². The number of nitrogens with one attached hydrogen (secondary N) is 1. The third-order valence-corrected chi connectivity index (χ3v) is 7.45. The number of thiazole rings is 1. The van der Waals surface area contributed by atoms with E-state index in [4.69, 9.17) is 0 Å². The fourth-order valence-corrected chi connectivity index (χ4v) is 5.32. The van der Waals surface area contributed by atoms with Crippen molar-refractivity contribution in [3.8, 4) is 0 Å². The van der Waals surface area contributed by atoms with Crippen molar-refractivity contribution in [3.05, 3.63) is 86.9 Å². The molecule has 0 radical (unpaired) electrons. The fourth-order valence-electron chi connectivity index (χ4n) is 4.59. The van der Waals surface area contributed by atoms with Crippen LogP contribution in [0.15, 0.2) is 53.9 Å². The molecule has 2 amide bonds. The molecule has 2 aromatic carbocycles. The summed E-state index contributed by atoms with van der Waals surface area (Å²) >= 11 is 1.42. The summed E-state index contributed by atoms with van der Waals surface area (Å²) in [5.41, 5.74) is 5.55. The van der Waals surface area contributed by atoms with E-state index in [1.807, 2.05) is 41.8 Å². The van der Waals surface area contributed by atoms with E-state index in [1.165, 1.54) is 28.0 Å². The number of carbonyl (C=O) groups is 2. The number of amides is 2. The number of hydrogen-bond donors (Lipinski definition) is 3. The molecule has 8 heteroatoms. The Kier molecular flexibility index (Phi) is 7.95. The molecule has 1 fully saturated rings. The van der Waals surface area contributed by atoms with Crippen molar-refractivity contribution in [2.45, 2.75) is 57.9 Å². The molecule has 0 saturated carbocycles. The Morgan fingerprint density at radius 1 is 1.09 bits per heavy atom. The largest absolute Gasteiger partial charge is 0.380 e. The zero-order valence-corrected chi connectivity index (χ0v) is 20.8. The van der Waals surface area contributed by atoms with Crippen molar-refractivity contribution in [1.82, 2.24) is 15.2 Å². The second-order valence-electron chi connectivity index (χ2n) is 8.99. The number of likely N-dealkylation sites (tertiary alicyclic amines) is 1. The Hall–Kier alpha value is -3.07. The van der Waals surface area contributed by atoms with Crippen LogP contribution in [-0.2, 0) is 22.6 Å². The Bertz CT molecular complexity index is 1160. The molecule has 0 aliphatic carbocycles. The normalized spacial score (nSPS) is 17.3. The van der Waals surface area contributed by atoms with E-state index in [1.54, 1.807) is 4.90 Å². The van der Waals surface area contributed by atoms with Crippen LogP contribution in [0, 0.1) is 13.8 Å². The molecule has 4 rings (SSSR count). The van der Waals surface area contributed by atoms with Gasteiger partial charge < -0.3 is 20.4 Å². The average Bonchev–Trinajstić information content (AvgIpc) is 3.54. The van der Waals surface area contributed by atoms with Gasteiger partial charge in [0.2, 0.25) is 0 Å². The van der Waals surface area contributed by atoms with Gasteiger partial charge in [-0.2, -0.15) is 0 Å². The number of aromatic nitrogens is 1. The lowest BCUT2D eigenvalue weighted by atomic mass is 9.99. The molecule has 1 aliphatic rings. The second kappa shape index (κ2) is 11.1. The zero-order chi connectivity index (χ0) is 24.9. The smallest absolute Gasteiger partial charge is 0.255 e. The number of rotatable bonds is 8. The van der Waals surface area contributed by atoms with Gasteiger partial charge >= 0.3 is 0 Å². The predicted octanol–water partition coefficient (Wildman–Crippen LogP) is 3.05. The first-order valence-corrected chi connectivity index (χ1v) is 12.7. The maximum absolute atomic E-state index is 12.9. The summed E-state index contributed by atoms with van der Waals surface area (Å²) in [7, 11) is 0. The van der Waals surface area contributed by atoms with Gasteiger partial charge in [0.15, 0.2) is 12.2 Å². The summed E-state index contributed by atoms with van der Waals surface area (Å²) in [6.45, 7) is 4.75. The highest BCUT2D eigenvalue weighted by atomic mass is 32.1. The first-order chi connectivity index (χ1) is 16.8. The van der Waals surface area contributed by atoms with Crippen LogP contribution in [0.4, 0.5) is 0 Å². The van der Waals surface area contributed by atoms with Crippen molar-refractivity contribution in [1.29, 1.82) is 0 Å². The Morgan fingerprint density at radius 2 is 1.80 bits per heavy atom. The molecule has 1 aromatic heterocycles. The van der Waals surface area contributed by atoms with E-state index in [0.29, 0.717) is 18.0 Å².